The third kappa shape index (κ3) is 12.5. The van der Waals surface area contributed by atoms with Crippen LogP contribution in [0.2, 0.25) is 0 Å². The summed E-state index contributed by atoms with van der Waals surface area (Å²) in [4.78, 5) is 0. The summed E-state index contributed by atoms with van der Waals surface area (Å²) in [6.45, 7) is 0. The molecule has 0 fully saturated rings. The first kappa shape index (κ1) is 86.0. The van der Waals surface area contributed by atoms with E-state index in [9.17, 15) is 0 Å². The summed E-state index contributed by atoms with van der Waals surface area (Å²) < 4.78 is 0. The van der Waals surface area contributed by atoms with Crippen LogP contribution in [0, 0.1) is 0 Å². The highest BCUT2D eigenvalue weighted by molar-refractivity contribution is 5.85. The summed E-state index contributed by atoms with van der Waals surface area (Å²) in [5, 5.41) is 0. The van der Waals surface area contributed by atoms with Gasteiger partial charge in [0.1, 0.15) is 0 Å². The van der Waals surface area contributed by atoms with Crippen molar-refractivity contribution in [3.8, 4) is 0 Å². The van der Waals surface area contributed by atoms with Crippen molar-refractivity contribution in [2.24, 2.45) is 0 Å². The minimum absolute atomic E-state index is 0. The minimum Gasteiger partial charge on any atom is -0.344 e. The summed E-state index contributed by atoms with van der Waals surface area (Å²) in [6, 6.07) is 0. The van der Waals surface area contributed by atoms with Gasteiger partial charge >= 0.3 is 23.1 Å². The lowest BCUT2D eigenvalue weighted by molar-refractivity contribution is 1.11. The lowest BCUT2D eigenvalue weighted by Gasteiger charge is -0.344. The average Bonchev–Trinajstić information content (AvgIpc) is 0. The van der Waals surface area contributed by atoms with E-state index in [2.05, 4.69) is 0 Å². The van der Waals surface area contributed by atoms with Gasteiger partial charge in [-0.3, -0.25) is 4.70 Å². The molecule has 0 radical (unpaired) electrons. The molecule has 0 atom stereocenters. The fourth-order valence-electron chi connectivity index (χ4n) is 0. The lowest BCUT2D eigenvalue weighted by Crippen LogP contribution is -0.481. The Bertz CT molecular complexity index is 8.00. The van der Waals surface area contributed by atoms with E-state index in [-0.39, 0.29) is 46.3 Å². The highest BCUT2D eigenvalue weighted by Gasteiger charge is 0.316. The zero-order valence-corrected chi connectivity index (χ0v) is 2.34. The summed E-state index contributed by atoms with van der Waals surface area (Å²) in [7, 11) is 0. The smallest absolute Gasteiger partial charge is 0.316 e. The van der Waals surface area contributed by atoms with Crippen LogP contribution in [-0.4, -0.2) is 23.1 Å². The predicted octanol–water partition coefficient (Wildman–Crippen LogP) is -0.180. The van der Waals surface area contributed by atoms with Crippen molar-refractivity contribution in [3.63, 3.8) is 0 Å². The molecule has 0 aliphatic carbocycles. The second-order valence-electron chi connectivity index (χ2n) is 0. The molecule has 4 heteroatoms. The molecule has 0 rings (SSSR count). The molecule has 1 nitrogen and oxygen atoms in total. The predicted molar refractivity (Wildman–Crippen MR) is 23.3 cm³/mol. The maximum atomic E-state index is 0. The molecule has 0 aliphatic rings. The zero-order chi connectivity index (χ0) is 0. The van der Waals surface area contributed by atoms with Gasteiger partial charge in [0.15, 0.2) is 0 Å². The van der Waals surface area contributed by atoms with E-state index in [0.29, 0.717) is 0 Å². The zero-order valence-electron chi connectivity index (χ0n) is 1.52. The molecule has 4 heavy (non-hydrogen) atoms. The van der Waals surface area contributed by atoms with Crippen LogP contribution in [0.4, 0.5) is 4.70 Å². The Hall–Kier alpha value is 0.946. The van der Waals surface area contributed by atoms with Crippen LogP contribution >= 0.6 is 12.4 Å². The van der Waals surface area contributed by atoms with Crippen LogP contribution in [0.1, 0.15) is 0 Å². The second-order valence-corrected chi connectivity index (χ2v) is 0. The van der Waals surface area contributed by atoms with Crippen molar-refractivity contribution in [2.45, 2.75) is 0 Å². The Labute approximate surface area is 46.7 Å². The monoisotopic (exact) mass is 99.0 g/mol. The molecular weight excluding hydrogens is 92.8 g/mol. The highest BCUT2D eigenvalue weighted by Crippen LogP contribution is 0.690. The first-order valence-corrected chi connectivity index (χ1v) is 0. The Morgan fingerprint density at radius 3 is 1.00 bits per heavy atom. The van der Waals surface area contributed by atoms with Gasteiger partial charge in [0.25, 0.3) is 0 Å². The molecule has 0 unspecified atom stereocenters. The van der Waals surface area contributed by atoms with E-state index in [1.165, 1.54) is 0 Å². The lowest BCUT2D eigenvalue weighted by atomic mass is 14.0. The molecule has 28 valence electrons. The fraction of sp³-hybridized carbons (Fsp3) is 0. The molecule has 0 aliphatic heterocycles. The van der Waals surface area contributed by atoms with Crippen molar-refractivity contribution in [1.29, 1.82) is 0 Å². The van der Waals surface area contributed by atoms with E-state index < -0.39 is 0 Å². The second kappa shape index (κ2) is 38.3. The van der Waals surface area contributed by atoms with Gasteiger partial charge in [-0.1, -0.05) is 0 Å². The molecule has 0 aromatic rings. The molecule has 0 spiro atoms. The molecule has 0 saturated heterocycles. The third-order valence-electron chi connectivity index (χ3n) is 0. The molecule has 0 saturated carbocycles. The number of hydrogen-bond donors (Lipinski definition) is 1. The molecular formula is H7ClFMgN. The Morgan fingerprint density at radius 1 is 1.00 bits per heavy atom. The van der Waals surface area contributed by atoms with E-state index in [0.717, 1.165) is 0 Å². The van der Waals surface area contributed by atoms with Crippen molar-refractivity contribution in [3.05, 3.63) is 0 Å². The van der Waals surface area contributed by atoms with Crippen LogP contribution in [0.25, 0.3) is 0 Å². The standard InChI is InChI=1S/ClH.FH.Mg.H3N.2H/h2*1H;;1H3;;. The topological polar surface area (TPSA) is 35.0 Å². The van der Waals surface area contributed by atoms with Gasteiger partial charge in [-0.15, -0.1) is 12.4 Å². The van der Waals surface area contributed by atoms with E-state index in [4.69, 9.17) is 0 Å². The van der Waals surface area contributed by atoms with Gasteiger partial charge < -0.3 is 6.15 Å². The van der Waals surface area contributed by atoms with E-state index in [1.54, 1.807) is 0 Å². The normalized spacial score (nSPS) is 0. The Kier molecular flexibility index (Phi) is 823. The van der Waals surface area contributed by atoms with Gasteiger partial charge in [0.2, 0.25) is 0 Å². The molecule has 0 amide bonds. The molecule has 0 aromatic heterocycles. The molecule has 3 N–H and O–H groups in total. The maximum absolute atomic E-state index is 0. The maximum Gasteiger partial charge on any atom is 0.316 e. The van der Waals surface area contributed by atoms with E-state index in [1.807, 2.05) is 0 Å². The van der Waals surface area contributed by atoms with Crippen LogP contribution in [0.15, 0.2) is 0 Å². The van der Waals surface area contributed by atoms with Crippen molar-refractivity contribution < 1.29 is 4.70 Å². The molecule has 0 bridgehead atoms. The van der Waals surface area contributed by atoms with Crippen LogP contribution < -0.4 is 6.15 Å². The SMILES string of the molecule is Cl.F.N.[MgH2]. The van der Waals surface area contributed by atoms with Crippen LogP contribution in [-0.2, 0) is 0 Å². The van der Waals surface area contributed by atoms with Gasteiger partial charge in [-0.2, -0.15) is 0 Å². The quantitative estimate of drug-likeness (QED) is 0.421. The summed E-state index contributed by atoms with van der Waals surface area (Å²) in [5.41, 5.74) is 0. The molecule has 0 heterocycles. The van der Waals surface area contributed by atoms with Gasteiger partial charge in [0, 0.05) is 0 Å². The van der Waals surface area contributed by atoms with Crippen molar-refractivity contribution in [2.75, 3.05) is 0 Å². The largest absolute Gasteiger partial charge is 0.344 e. The highest BCUT2D eigenvalue weighted by atomic mass is 35.5. The van der Waals surface area contributed by atoms with Gasteiger partial charge in [0.05, 0.1) is 0 Å². The summed E-state index contributed by atoms with van der Waals surface area (Å²) in [6.07, 6.45) is 0. The first-order chi connectivity index (χ1) is 0. The van der Waals surface area contributed by atoms with E-state index >= 15 is 0 Å². The first-order valence-electron chi connectivity index (χ1n) is 0. The van der Waals surface area contributed by atoms with Crippen LogP contribution in [0.3, 0.4) is 0 Å². The van der Waals surface area contributed by atoms with Gasteiger partial charge in [-0.25, -0.2) is 0 Å². The fourth-order valence-corrected chi connectivity index (χ4v) is 0. The Morgan fingerprint density at radius 2 is 1.00 bits per heavy atom. The number of rotatable bonds is 0. The average molecular weight is 99.8 g/mol. The Balaban J connectivity index is 0. The number of hydrogen-bond acceptors (Lipinski definition) is 1. The summed E-state index contributed by atoms with van der Waals surface area (Å²) in [5.74, 6) is 0. The number of halogens is 2. The van der Waals surface area contributed by atoms with Crippen LogP contribution in [0.5, 0.6) is 0 Å². The van der Waals surface area contributed by atoms with Crippen molar-refractivity contribution in [1.82, 2.24) is 6.15 Å². The van der Waals surface area contributed by atoms with Gasteiger partial charge in [-0.05, 0) is 0 Å². The minimum atomic E-state index is 0. The molecule has 0 aromatic carbocycles. The third-order valence-corrected chi connectivity index (χ3v) is 0. The van der Waals surface area contributed by atoms with Crippen molar-refractivity contribution >= 4 is 35.5 Å². The summed E-state index contributed by atoms with van der Waals surface area (Å²) >= 11 is 0.